The fraction of sp³-hybridized carbons (Fsp3) is 0.0625. The van der Waals surface area contributed by atoms with Gasteiger partial charge in [0.25, 0.3) is 5.69 Å². The summed E-state index contributed by atoms with van der Waals surface area (Å²) in [6.45, 7) is 1.98. The number of hydrogen-bond donors (Lipinski definition) is 1. The van der Waals surface area contributed by atoms with Gasteiger partial charge in [-0.05, 0) is 24.6 Å². The quantitative estimate of drug-likeness (QED) is 0.529. The van der Waals surface area contributed by atoms with Crippen LogP contribution in [0.2, 0.25) is 0 Å². The van der Waals surface area contributed by atoms with Crippen LogP contribution in [0.3, 0.4) is 0 Å². The average Bonchev–Trinajstić information content (AvgIpc) is 2.47. The van der Waals surface area contributed by atoms with Crippen molar-refractivity contribution in [2.24, 2.45) is 0 Å². The van der Waals surface area contributed by atoms with Gasteiger partial charge < -0.3 is 5.32 Å². The first-order valence-corrected chi connectivity index (χ1v) is 6.35. The molecular weight excluding hydrogens is 268 g/mol. The van der Waals surface area contributed by atoms with Crippen LogP contribution in [-0.2, 0) is 4.79 Å². The number of nitro benzene ring substituents is 1. The predicted octanol–water partition coefficient (Wildman–Crippen LogP) is 3.56. The third kappa shape index (κ3) is 4.01. The van der Waals surface area contributed by atoms with E-state index < -0.39 is 10.8 Å². The van der Waals surface area contributed by atoms with E-state index in [0.717, 1.165) is 11.1 Å². The van der Waals surface area contributed by atoms with Crippen LogP contribution < -0.4 is 5.32 Å². The van der Waals surface area contributed by atoms with E-state index in [1.807, 2.05) is 31.2 Å². The Bertz CT molecular complexity index is 691. The monoisotopic (exact) mass is 282 g/mol. The third-order valence-electron chi connectivity index (χ3n) is 2.86. The van der Waals surface area contributed by atoms with Gasteiger partial charge in [-0.25, -0.2) is 0 Å². The summed E-state index contributed by atoms with van der Waals surface area (Å²) < 4.78 is 0. The zero-order valence-corrected chi connectivity index (χ0v) is 11.4. The van der Waals surface area contributed by atoms with Crippen LogP contribution in [0.5, 0.6) is 0 Å². The maximum absolute atomic E-state index is 11.8. The molecule has 0 spiro atoms. The lowest BCUT2D eigenvalue weighted by Crippen LogP contribution is -2.09. The maximum atomic E-state index is 11.8. The van der Waals surface area contributed by atoms with Gasteiger partial charge in [0.15, 0.2) is 0 Å². The lowest BCUT2D eigenvalue weighted by atomic mass is 10.1. The second-order valence-corrected chi connectivity index (χ2v) is 4.51. The summed E-state index contributed by atoms with van der Waals surface area (Å²) in [5, 5.41) is 13.4. The van der Waals surface area contributed by atoms with Gasteiger partial charge in [0.05, 0.1) is 4.92 Å². The number of benzene rings is 2. The molecule has 1 N–H and O–H groups in total. The molecule has 0 aromatic heterocycles. The van der Waals surface area contributed by atoms with E-state index >= 15 is 0 Å². The third-order valence-corrected chi connectivity index (χ3v) is 2.86. The maximum Gasteiger partial charge on any atom is 0.292 e. The number of amides is 1. The summed E-state index contributed by atoms with van der Waals surface area (Å²) in [5.41, 5.74) is 2.07. The molecule has 2 aromatic carbocycles. The summed E-state index contributed by atoms with van der Waals surface area (Å²) in [5.74, 6) is -0.412. The van der Waals surface area contributed by atoms with E-state index in [0.29, 0.717) is 0 Å². The van der Waals surface area contributed by atoms with Crippen LogP contribution in [0.4, 0.5) is 11.4 Å². The Morgan fingerprint density at radius 2 is 1.81 bits per heavy atom. The number of carbonyl (C=O) groups excluding carboxylic acids is 1. The lowest BCUT2D eigenvalue weighted by molar-refractivity contribution is -0.383. The molecule has 106 valence electrons. The van der Waals surface area contributed by atoms with Gasteiger partial charge in [-0.1, -0.05) is 42.0 Å². The van der Waals surface area contributed by atoms with Gasteiger partial charge >= 0.3 is 0 Å². The molecule has 0 radical (unpaired) electrons. The number of nitro groups is 1. The Morgan fingerprint density at radius 3 is 2.48 bits per heavy atom. The lowest BCUT2D eigenvalue weighted by Gasteiger charge is -2.02. The molecule has 21 heavy (non-hydrogen) atoms. The number of hydrogen-bond acceptors (Lipinski definition) is 3. The Labute approximate surface area is 122 Å². The van der Waals surface area contributed by atoms with Gasteiger partial charge in [-0.15, -0.1) is 0 Å². The van der Waals surface area contributed by atoms with Crippen molar-refractivity contribution in [3.8, 4) is 0 Å². The van der Waals surface area contributed by atoms with Crippen LogP contribution in [0.1, 0.15) is 11.1 Å². The molecule has 0 bridgehead atoms. The molecule has 1 amide bonds. The fourth-order valence-corrected chi connectivity index (χ4v) is 1.76. The Hall–Kier alpha value is -2.95. The molecule has 0 atom stereocenters. The molecule has 5 heteroatoms. The van der Waals surface area contributed by atoms with Crippen molar-refractivity contribution in [1.29, 1.82) is 0 Å². The second kappa shape index (κ2) is 6.47. The van der Waals surface area contributed by atoms with E-state index in [-0.39, 0.29) is 11.4 Å². The second-order valence-electron chi connectivity index (χ2n) is 4.51. The van der Waals surface area contributed by atoms with Crippen molar-refractivity contribution in [3.63, 3.8) is 0 Å². The average molecular weight is 282 g/mol. The SMILES string of the molecule is Cc1ccc(/C=C/C(=O)Nc2ccccc2[N+](=O)[O-])cc1. The van der Waals surface area contributed by atoms with Crippen molar-refractivity contribution in [3.05, 3.63) is 75.8 Å². The Morgan fingerprint density at radius 1 is 1.14 bits per heavy atom. The number of nitrogens with zero attached hydrogens (tertiary/aromatic N) is 1. The molecule has 0 saturated carbocycles. The number of rotatable bonds is 4. The standard InChI is InChI=1S/C16H14N2O3/c1-12-6-8-13(9-7-12)10-11-16(19)17-14-4-2-3-5-15(14)18(20)21/h2-11H,1H3,(H,17,19)/b11-10+. The molecule has 0 fully saturated rings. The molecule has 0 aliphatic heterocycles. The summed E-state index contributed by atoms with van der Waals surface area (Å²) in [7, 11) is 0. The van der Waals surface area contributed by atoms with Crippen LogP contribution >= 0.6 is 0 Å². The zero-order chi connectivity index (χ0) is 15.2. The minimum atomic E-state index is -0.528. The molecule has 2 rings (SSSR count). The molecule has 0 aliphatic carbocycles. The van der Waals surface area contributed by atoms with Crippen LogP contribution in [-0.4, -0.2) is 10.8 Å². The number of anilines is 1. The highest BCUT2D eigenvalue weighted by Crippen LogP contribution is 2.23. The van der Waals surface area contributed by atoms with Crippen LogP contribution in [0, 0.1) is 17.0 Å². The highest BCUT2D eigenvalue weighted by Gasteiger charge is 2.13. The summed E-state index contributed by atoms with van der Waals surface area (Å²) >= 11 is 0. The first-order chi connectivity index (χ1) is 10.1. The van der Waals surface area contributed by atoms with Crippen molar-refractivity contribution < 1.29 is 9.72 Å². The van der Waals surface area contributed by atoms with E-state index in [1.165, 1.54) is 18.2 Å². The van der Waals surface area contributed by atoms with E-state index in [4.69, 9.17) is 0 Å². The number of aryl methyl sites for hydroxylation is 1. The first-order valence-electron chi connectivity index (χ1n) is 6.35. The molecule has 2 aromatic rings. The van der Waals surface area contributed by atoms with Gasteiger partial charge in [-0.3, -0.25) is 14.9 Å². The fourth-order valence-electron chi connectivity index (χ4n) is 1.76. The molecule has 0 unspecified atom stereocenters. The van der Waals surface area contributed by atoms with Gasteiger partial charge in [-0.2, -0.15) is 0 Å². The van der Waals surface area contributed by atoms with E-state index in [1.54, 1.807) is 18.2 Å². The summed E-state index contributed by atoms with van der Waals surface area (Å²) in [6.07, 6.45) is 3.00. The molecule has 5 nitrogen and oxygen atoms in total. The van der Waals surface area contributed by atoms with Gasteiger partial charge in [0.1, 0.15) is 5.69 Å². The smallest absolute Gasteiger partial charge is 0.292 e. The first kappa shape index (κ1) is 14.5. The van der Waals surface area contributed by atoms with Crippen LogP contribution in [0.25, 0.3) is 6.08 Å². The topological polar surface area (TPSA) is 72.2 Å². The van der Waals surface area contributed by atoms with Gasteiger partial charge in [0, 0.05) is 12.1 Å². The highest BCUT2D eigenvalue weighted by atomic mass is 16.6. The van der Waals surface area contributed by atoms with E-state index in [9.17, 15) is 14.9 Å². The number of para-hydroxylation sites is 2. The van der Waals surface area contributed by atoms with Crippen molar-refractivity contribution in [2.45, 2.75) is 6.92 Å². The predicted molar refractivity (Wildman–Crippen MR) is 81.9 cm³/mol. The Balaban J connectivity index is 2.08. The number of carbonyl (C=O) groups is 1. The summed E-state index contributed by atoms with van der Waals surface area (Å²) in [6, 6.07) is 13.7. The minimum Gasteiger partial charge on any atom is -0.317 e. The zero-order valence-electron chi connectivity index (χ0n) is 11.4. The molecule has 0 aliphatic rings. The van der Waals surface area contributed by atoms with Crippen molar-refractivity contribution >= 4 is 23.4 Å². The highest BCUT2D eigenvalue weighted by molar-refractivity contribution is 6.03. The Kier molecular flexibility index (Phi) is 4.46. The van der Waals surface area contributed by atoms with Crippen molar-refractivity contribution in [1.82, 2.24) is 0 Å². The van der Waals surface area contributed by atoms with Crippen molar-refractivity contribution in [2.75, 3.05) is 5.32 Å². The van der Waals surface area contributed by atoms with Crippen LogP contribution in [0.15, 0.2) is 54.6 Å². The van der Waals surface area contributed by atoms with E-state index in [2.05, 4.69) is 5.32 Å². The normalized spacial score (nSPS) is 10.5. The minimum absolute atomic E-state index is 0.130. The molecule has 0 saturated heterocycles. The number of nitrogens with one attached hydrogen (secondary N) is 1. The molecular formula is C16H14N2O3. The van der Waals surface area contributed by atoms with Gasteiger partial charge in [0.2, 0.25) is 5.91 Å². The molecule has 0 heterocycles. The largest absolute Gasteiger partial charge is 0.317 e. The summed E-state index contributed by atoms with van der Waals surface area (Å²) in [4.78, 5) is 22.1.